The van der Waals surface area contributed by atoms with Gasteiger partial charge < -0.3 is 9.90 Å². The average Bonchev–Trinajstić information content (AvgIpc) is 3.20. The third kappa shape index (κ3) is 4.81. The van der Waals surface area contributed by atoms with E-state index in [1.54, 1.807) is 22.8 Å². The van der Waals surface area contributed by atoms with Crippen LogP contribution in [0.3, 0.4) is 0 Å². The van der Waals surface area contributed by atoms with E-state index in [0.29, 0.717) is 56.9 Å². The van der Waals surface area contributed by atoms with E-state index in [9.17, 15) is 19.5 Å². The van der Waals surface area contributed by atoms with Crippen LogP contribution >= 0.6 is 34.7 Å². The monoisotopic (exact) mass is 475 g/mol. The summed E-state index contributed by atoms with van der Waals surface area (Å²) in [5.74, 6) is -0.765. The maximum Gasteiger partial charge on any atom is 0.272 e. The third-order valence-corrected chi connectivity index (χ3v) is 6.69. The number of halogens is 1. The van der Waals surface area contributed by atoms with E-state index < -0.39 is 5.97 Å². The van der Waals surface area contributed by atoms with Crippen molar-refractivity contribution in [3.63, 3.8) is 0 Å². The maximum absolute atomic E-state index is 12.9. The number of aliphatic carboxylic acids is 1. The van der Waals surface area contributed by atoms with Gasteiger partial charge in [-0.3, -0.25) is 18.6 Å². The number of nitrogens with zero attached hydrogens (tertiary/aromatic N) is 4. The normalized spacial score (nSPS) is 11.4. The fourth-order valence-corrected chi connectivity index (χ4v) is 4.97. The molecule has 0 saturated heterocycles. The molecule has 8 nitrogen and oxygen atoms in total. The van der Waals surface area contributed by atoms with Crippen LogP contribution in [0.2, 0.25) is 5.02 Å². The molecule has 4 rings (SSSR count). The summed E-state index contributed by atoms with van der Waals surface area (Å²) in [5, 5.41) is 13.4. The highest BCUT2D eigenvalue weighted by Gasteiger charge is 2.14. The van der Waals surface area contributed by atoms with Gasteiger partial charge >= 0.3 is 0 Å². The summed E-state index contributed by atoms with van der Waals surface area (Å²) in [6, 6.07) is 6.55. The summed E-state index contributed by atoms with van der Waals surface area (Å²) < 4.78 is 3.49. The predicted octanol–water partition coefficient (Wildman–Crippen LogP) is 2.33. The van der Waals surface area contributed by atoms with Crippen molar-refractivity contribution in [1.29, 1.82) is 0 Å². The van der Waals surface area contributed by atoms with Crippen LogP contribution in [-0.2, 0) is 17.1 Å². The molecule has 0 radical (unpaired) electrons. The van der Waals surface area contributed by atoms with Crippen LogP contribution in [0.4, 0.5) is 0 Å². The first kappa shape index (κ1) is 21.5. The molecule has 0 amide bonds. The van der Waals surface area contributed by atoms with Gasteiger partial charge in [0.25, 0.3) is 11.1 Å². The van der Waals surface area contributed by atoms with Gasteiger partial charge in [-0.15, -0.1) is 11.3 Å². The SMILES string of the molecule is O=C([O-])CCCCn1c(SCc2cc(=O)n3cc(Cl)ccc3n2)nc2ccsc2c1=O. The van der Waals surface area contributed by atoms with Crippen LogP contribution in [0.15, 0.2) is 50.6 Å². The van der Waals surface area contributed by atoms with Crippen molar-refractivity contribution in [2.45, 2.75) is 36.7 Å². The minimum atomic E-state index is -1.11. The van der Waals surface area contributed by atoms with Gasteiger partial charge in [-0.2, -0.15) is 0 Å². The van der Waals surface area contributed by atoms with Crippen molar-refractivity contribution in [2.75, 3.05) is 0 Å². The number of unbranched alkanes of at least 4 members (excludes halogenated alkanes) is 1. The molecule has 0 unspecified atom stereocenters. The highest BCUT2D eigenvalue weighted by atomic mass is 35.5. The van der Waals surface area contributed by atoms with Gasteiger partial charge in [0.2, 0.25) is 0 Å². The molecule has 0 aliphatic carbocycles. The summed E-state index contributed by atoms with van der Waals surface area (Å²) in [6.45, 7) is 0.349. The van der Waals surface area contributed by atoms with Gasteiger partial charge in [0.1, 0.15) is 10.3 Å². The summed E-state index contributed by atoms with van der Waals surface area (Å²) >= 11 is 8.58. The Balaban J connectivity index is 1.61. The molecule has 0 bridgehead atoms. The highest BCUT2D eigenvalue weighted by molar-refractivity contribution is 7.98. The lowest BCUT2D eigenvalue weighted by Gasteiger charge is -2.12. The second kappa shape index (κ2) is 9.21. The molecule has 11 heteroatoms. The summed E-state index contributed by atoms with van der Waals surface area (Å²) in [5.41, 5.74) is 1.25. The first-order chi connectivity index (χ1) is 14.9. The zero-order valence-electron chi connectivity index (χ0n) is 16.1. The number of thiophene rings is 1. The number of carboxylic acid groups (broad SMARTS) is 1. The maximum atomic E-state index is 12.9. The van der Waals surface area contributed by atoms with Crippen LogP contribution in [0.5, 0.6) is 0 Å². The van der Waals surface area contributed by atoms with Crippen molar-refractivity contribution >= 4 is 56.5 Å². The molecule has 0 spiro atoms. The zero-order chi connectivity index (χ0) is 22.0. The quantitative estimate of drug-likeness (QED) is 0.218. The van der Waals surface area contributed by atoms with Crippen molar-refractivity contribution in [3.8, 4) is 0 Å². The molecule has 0 saturated carbocycles. The van der Waals surface area contributed by atoms with Crippen LogP contribution in [0, 0.1) is 0 Å². The Morgan fingerprint density at radius 1 is 1.19 bits per heavy atom. The Labute approximate surface area is 189 Å². The van der Waals surface area contributed by atoms with Gasteiger partial charge in [-0.1, -0.05) is 23.4 Å². The van der Waals surface area contributed by atoms with Crippen LogP contribution in [-0.4, -0.2) is 24.9 Å². The second-order valence-electron chi connectivity index (χ2n) is 6.77. The molecule has 0 fully saturated rings. The van der Waals surface area contributed by atoms with E-state index in [1.165, 1.54) is 39.8 Å². The number of thioether (sulfide) groups is 1. The molecule has 4 aromatic heterocycles. The summed E-state index contributed by atoms with van der Waals surface area (Å²) in [7, 11) is 0. The topological polar surface area (TPSA) is 109 Å². The van der Waals surface area contributed by atoms with Crippen molar-refractivity contribution < 1.29 is 9.90 Å². The predicted molar refractivity (Wildman–Crippen MR) is 119 cm³/mol. The number of carboxylic acids is 1. The molecule has 0 atom stereocenters. The van der Waals surface area contributed by atoms with Crippen molar-refractivity contribution in [2.24, 2.45) is 0 Å². The van der Waals surface area contributed by atoms with Crippen LogP contribution in [0.1, 0.15) is 25.0 Å². The molecule has 4 heterocycles. The first-order valence-electron chi connectivity index (χ1n) is 9.41. The Hall–Kier alpha value is -2.69. The van der Waals surface area contributed by atoms with Crippen molar-refractivity contribution in [3.05, 3.63) is 67.3 Å². The van der Waals surface area contributed by atoms with Gasteiger partial charge in [0.05, 0.1) is 16.2 Å². The zero-order valence-corrected chi connectivity index (χ0v) is 18.5. The lowest BCUT2D eigenvalue weighted by molar-refractivity contribution is -0.305. The van der Waals surface area contributed by atoms with Gasteiger partial charge in [-0.25, -0.2) is 9.97 Å². The number of pyridine rings is 1. The fourth-order valence-electron chi connectivity index (χ4n) is 3.11. The summed E-state index contributed by atoms with van der Waals surface area (Å²) in [4.78, 5) is 45.0. The number of carbonyl (C=O) groups is 1. The number of carbonyl (C=O) groups excluding carboxylic acids is 1. The molecular formula is C20H16ClN4O4S2-. The number of fused-ring (bicyclic) bond motifs is 2. The van der Waals surface area contributed by atoms with Gasteiger partial charge in [-0.05, 0) is 42.8 Å². The van der Waals surface area contributed by atoms with E-state index in [1.807, 2.05) is 5.38 Å². The standard InChI is InChI=1S/C20H17ClN4O4S2/c21-12-4-5-15-22-13(9-16(26)25(15)10-12)11-31-20-23-14-6-8-30-18(14)19(29)24(20)7-2-1-3-17(27)28/h4-6,8-10H,1-3,7,11H2,(H,27,28)/p-1. The van der Waals surface area contributed by atoms with Gasteiger partial charge in [0.15, 0.2) is 5.16 Å². The van der Waals surface area contributed by atoms with Crippen LogP contribution in [0.25, 0.3) is 15.9 Å². The summed E-state index contributed by atoms with van der Waals surface area (Å²) in [6.07, 6.45) is 2.38. The molecule has 31 heavy (non-hydrogen) atoms. The molecule has 4 aromatic rings. The Morgan fingerprint density at radius 3 is 2.84 bits per heavy atom. The van der Waals surface area contributed by atoms with Gasteiger partial charge in [0, 0.05) is 30.5 Å². The molecule has 160 valence electrons. The smallest absolute Gasteiger partial charge is 0.272 e. The Kier molecular flexibility index (Phi) is 6.40. The average molecular weight is 476 g/mol. The molecule has 0 aliphatic heterocycles. The number of hydrogen-bond acceptors (Lipinski definition) is 8. The largest absolute Gasteiger partial charge is 0.550 e. The van der Waals surface area contributed by atoms with E-state index in [-0.39, 0.29) is 17.5 Å². The lowest BCUT2D eigenvalue weighted by atomic mass is 10.2. The first-order valence-corrected chi connectivity index (χ1v) is 11.7. The molecule has 0 aliphatic rings. The number of aromatic nitrogens is 4. The molecule has 0 aromatic carbocycles. The second-order valence-corrected chi connectivity index (χ2v) is 9.06. The Morgan fingerprint density at radius 2 is 2.03 bits per heavy atom. The van der Waals surface area contributed by atoms with E-state index in [2.05, 4.69) is 9.97 Å². The van der Waals surface area contributed by atoms with E-state index in [0.717, 1.165) is 0 Å². The highest BCUT2D eigenvalue weighted by Crippen LogP contribution is 2.24. The minimum Gasteiger partial charge on any atom is -0.550 e. The van der Waals surface area contributed by atoms with E-state index >= 15 is 0 Å². The Bertz CT molecular complexity index is 1400. The number of rotatable bonds is 8. The third-order valence-electron chi connectivity index (χ3n) is 4.57. The number of hydrogen-bond donors (Lipinski definition) is 0. The van der Waals surface area contributed by atoms with E-state index in [4.69, 9.17) is 11.6 Å². The van der Waals surface area contributed by atoms with Crippen molar-refractivity contribution in [1.82, 2.24) is 18.9 Å². The fraction of sp³-hybridized carbons (Fsp3) is 0.250. The minimum absolute atomic E-state index is 0.0547. The molecule has 0 N–H and O–H groups in total. The molecular weight excluding hydrogens is 460 g/mol. The van der Waals surface area contributed by atoms with Crippen LogP contribution < -0.4 is 16.2 Å². The lowest BCUT2D eigenvalue weighted by Crippen LogP contribution is -2.24.